The summed E-state index contributed by atoms with van der Waals surface area (Å²) in [5, 5.41) is 10.0. The second-order valence-electron chi connectivity index (χ2n) is 2.76. The van der Waals surface area contributed by atoms with Crippen LogP contribution in [0.4, 0.5) is 5.69 Å². The minimum atomic E-state index is -0.462. The molecule has 0 fully saturated rings. The van der Waals surface area contributed by atoms with Crippen molar-refractivity contribution < 1.29 is 5.11 Å². The number of nitrogen functional groups attached to an aromatic ring is 1. The molecule has 1 aromatic carbocycles. The molecule has 0 saturated heterocycles. The Balaban J connectivity index is 0.000000531. The average molecular weight is 207 g/mol. The Morgan fingerprint density at radius 3 is 2.53 bits per heavy atom. The standard InChI is InChI=1S/C9H8N2O2.CH5N/c10-7-8(12)5-3-1-2-4-6(5)11-9(7)13;1-2/h1-4H,10H2,(H2,11,12,13);2H2,1H3. The van der Waals surface area contributed by atoms with Crippen LogP contribution in [0.2, 0.25) is 0 Å². The smallest absolute Gasteiger partial charge is 0.275 e. The summed E-state index contributed by atoms with van der Waals surface area (Å²) in [6.07, 6.45) is 0. The number of fused-ring (bicyclic) bond motifs is 1. The van der Waals surface area contributed by atoms with Crippen molar-refractivity contribution in [3.8, 4) is 5.75 Å². The molecule has 0 aliphatic rings. The maximum Gasteiger partial charge on any atom is 0.275 e. The zero-order valence-electron chi connectivity index (χ0n) is 8.32. The van der Waals surface area contributed by atoms with Gasteiger partial charge < -0.3 is 21.6 Å². The van der Waals surface area contributed by atoms with Gasteiger partial charge in [0.25, 0.3) is 5.56 Å². The van der Waals surface area contributed by atoms with Gasteiger partial charge >= 0.3 is 0 Å². The van der Waals surface area contributed by atoms with E-state index in [0.29, 0.717) is 10.9 Å². The first-order valence-corrected chi connectivity index (χ1v) is 4.37. The first-order chi connectivity index (χ1) is 7.20. The van der Waals surface area contributed by atoms with Crippen molar-refractivity contribution in [2.24, 2.45) is 5.73 Å². The van der Waals surface area contributed by atoms with E-state index in [1.54, 1.807) is 24.3 Å². The van der Waals surface area contributed by atoms with Gasteiger partial charge in [0.05, 0.1) is 5.52 Å². The summed E-state index contributed by atoms with van der Waals surface area (Å²) in [7, 11) is 1.50. The zero-order valence-corrected chi connectivity index (χ0v) is 8.32. The Kier molecular flexibility index (Phi) is 3.30. The molecule has 0 spiro atoms. The van der Waals surface area contributed by atoms with E-state index in [-0.39, 0.29) is 11.4 Å². The topological polar surface area (TPSA) is 105 Å². The van der Waals surface area contributed by atoms with Gasteiger partial charge in [0.2, 0.25) is 0 Å². The number of nitrogens with one attached hydrogen (secondary N) is 1. The highest BCUT2D eigenvalue weighted by molar-refractivity contribution is 5.88. The normalized spacial score (nSPS) is 9.47. The van der Waals surface area contributed by atoms with Crippen LogP contribution in [0.3, 0.4) is 0 Å². The van der Waals surface area contributed by atoms with Crippen LogP contribution in [0.15, 0.2) is 29.1 Å². The Labute approximate surface area is 86.3 Å². The van der Waals surface area contributed by atoms with E-state index in [1.165, 1.54) is 7.05 Å². The predicted molar refractivity (Wildman–Crippen MR) is 60.8 cm³/mol. The molecule has 80 valence electrons. The summed E-state index contributed by atoms with van der Waals surface area (Å²) in [6, 6.07) is 6.93. The van der Waals surface area contributed by atoms with Crippen LogP contribution in [0, 0.1) is 0 Å². The van der Waals surface area contributed by atoms with Gasteiger partial charge in [0.15, 0.2) is 5.75 Å². The molecule has 15 heavy (non-hydrogen) atoms. The fraction of sp³-hybridized carbons (Fsp3) is 0.100. The van der Waals surface area contributed by atoms with Gasteiger partial charge in [0, 0.05) is 5.39 Å². The summed E-state index contributed by atoms with van der Waals surface area (Å²) in [5.41, 5.74) is 9.83. The molecule has 0 amide bonds. The number of aromatic nitrogens is 1. The minimum Gasteiger partial charge on any atom is -0.505 e. The van der Waals surface area contributed by atoms with Crippen molar-refractivity contribution in [3.63, 3.8) is 0 Å². The van der Waals surface area contributed by atoms with Crippen LogP contribution in [0.5, 0.6) is 5.75 Å². The molecule has 0 radical (unpaired) electrons. The molecular weight excluding hydrogens is 194 g/mol. The first-order valence-electron chi connectivity index (χ1n) is 4.37. The fourth-order valence-electron chi connectivity index (χ4n) is 1.24. The number of pyridine rings is 1. The largest absolute Gasteiger partial charge is 0.505 e. The average Bonchev–Trinajstić information content (AvgIpc) is 2.29. The quantitative estimate of drug-likeness (QED) is 0.501. The lowest BCUT2D eigenvalue weighted by Gasteiger charge is -2.02. The maximum absolute atomic E-state index is 11.1. The van der Waals surface area contributed by atoms with E-state index in [4.69, 9.17) is 5.73 Å². The van der Waals surface area contributed by atoms with Gasteiger partial charge in [-0.05, 0) is 19.2 Å². The van der Waals surface area contributed by atoms with E-state index in [1.807, 2.05) is 0 Å². The molecule has 0 aliphatic carbocycles. The van der Waals surface area contributed by atoms with Crippen LogP contribution in [-0.4, -0.2) is 17.1 Å². The summed E-state index contributed by atoms with van der Waals surface area (Å²) < 4.78 is 0. The van der Waals surface area contributed by atoms with Crippen molar-refractivity contribution in [3.05, 3.63) is 34.6 Å². The van der Waals surface area contributed by atoms with Crippen molar-refractivity contribution in [2.75, 3.05) is 12.8 Å². The van der Waals surface area contributed by atoms with Crippen molar-refractivity contribution in [1.29, 1.82) is 0 Å². The number of H-pyrrole nitrogens is 1. The summed E-state index contributed by atoms with van der Waals surface area (Å²) in [5.74, 6) is -0.153. The Bertz CT molecular complexity index is 520. The molecule has 0 saturated carbocycles. The van der Waals surface area contributed by atoms with Crippen molar-refractivity contribution >= 4 is 16.6 Å². The summed E-state index contributed by atoms with van der Waals surface area (Å²) in [4.78, 5) is 13.7. The van der Waals surface area contributed by atoms with Gasteiger partial charge in [-0.3, -0.25) is 4.79 Å². The summed E-state index contributed by atoms with van der Waals surface area (Å²) >= 11 is 0. The van der Waals surface area contributed by atoms with Crippen LogP contribution in [-0.2, 0) is 0 Å². The van der Waals surface area contributed by atoms with E-state index in [9.17, 15) is 9.90 Å². The molecule has 1 heterocycles. The van der Waals surface area contributed by atoms with Crippen molar-refractivity contribution in [1.82, 2.24) is 4.98 Å². The molecule has 1 aromatic heterocycles. The molecule has 2 aromatic rings. The van der Waals surface area contributed by atoms with Gasteiger partial charge in [-0.2, -0.15) is 0 Å². The molecule has 0 atom stereocenters. The minimum absolute atomic E-state index is 0.140. The third-order valence-corrected chi connectivity index (χ3v) is 1.93. The number of para-hydroxylation sites is 1. The molecular formula is C10H13N3O2. The number of benzene rings is 1. The van der Waals surface area contributed by atoms with Gasteiger partial charge in [0.1, 0.15) is 5.69 Å². The lowest BCUT2D eigenvalue weighted by atomic mass is 10.2. The number of aromatic hydroxyl groups is 1. The highest BCUT2D eigenvalue weighted by Crippen LogP contribution is 2.25. The lowest BCUT2D eigenvalue weighted by Crippen LogP contribution is -2.11. The molecule has 0 unspecified atom stereocenters. The number of nitrogens with two attached hydrogens (primary N) is 2. The number of hydrogen-bond donors (Lipinski definition) is 4. The number of aromatic amines is 1. The molecule has 5 nitrogen and oxygen atoms in total. The van der Waals surface area contributed by atoms with Crippen molar-refractivity contribution in [2.45, 2.75) is 0 Å². The van der Waals surface area contributed by atoms with Crippen LogP contribution in [0.25, 0.3) is 10.9 Å². The van der Waals surface area contributed by atoms with Crippen LogP contribution in [0.1, 0.15) is 0 Å². The SMILES string of the molecule is CN.Nc1c(O)c2ccccc2[nH]c1=O. The van der Waals surface area contributed by atoms with E-state index in [2.05, 4.69) is 10.7 Å². The highest BCUT2D eigenvalue weighted by Gasteiger charge is 2.06. The molecule has 5 heteroatoms. The second kappa shape index (κ2) is 4.47. The first kappa shape index (κ1) is 11.1. The Morgan fingerprint density at radius 1 is 1.27 bits per heavy atom. The van der Waals surface area contributed by atoms with Crippen LogP contribution >= 0.6 is 0 Å². The molecule has 6 N–H and O–H groups in total. The number of hydrogen-bond acceptors (Lipinski definition) is 4. The summed E-state index contributed by atoms with van der Waals surface area (Å²) in [6.45, 7) is 0. The monoisotopic (exact) mass is 207 g/mol. The van der Waals surface area contributed by atoms with E-state index in [0.717, 1.165) is 0 Å². The maximum atomic E-state index is 11.1. The Hall–Kier alpha value is -2.01. The Morgan fingerprint density at radius 2 is 1.87 bits per heavy atom. The fourth-order valence-corrected chi connectivity index (χ4v) is 1.24. The van der Waals surface area contributed by atoms with E-state index < -0.39 is 5.56 Å². The molecule has 2 rings (SSSR count). The second-order valence-corrected chi connectivity index (χ2v) is 2.76. The van der Waals surface area contributed by atoms with Gasteiger partial charge in [-0.1, -0.05) is 12.1 Å². The van der Waals surface area contributed by atoms with Gasteiger partial charge in [-0.15, -0.1) is 0 Å². The zero-order chi connectivity index (χ0) is 11.4. The van der Waals surface area contributed by atoms with Gasteiger partial charge in [-0.25, -0.2) is 0 Å². The predicted octanol–water partition coefficient (Wildman–Crippen LogP) is 0.391. The lowest BCUT2D eigenvalue weighted by molar-refractivity contribution is 0.483. The number of rotatable bonds is 0. The number of anilines is 1. The molecule has 0 bridgehead atoms. The third-order valence-electron chi connectivity index (χ3n) is 1.93. The van der Waals surface area contributed by atoms with Crippen LogP contribution < -0.4 is 17.0 Å². The highest BCUT2D eigenvalue weighted by atomic mass is 16.3. The third kappa shape index (κ3) is 1.92. The van der Waals surface area contributed by atoms with E-state index >= 15 is 0 Å². The molecule has 0 aliphatic heterocycles.